The molecule has 0 aliphatic heterocycles. The van der Waals surface area contributed by atoms with E-state index in [9.17, 15) is 43.2 Å². The van der Waals surface area contributed by atoms with Crippen LogP contribution in [0.4, 0.5) is 0 Å². The summed E-state index contributed by atoms with van der Waals surface area (Å²) in [6.07, 6.45) is 48.5. The normalized spacial score (nSPS) is 14.4. The second-order valence-electron chi connectivity index (χ2n) is 28.7. The maximum absolute atomic E-state index is 13.1. The maximum atomic E-state index is 13.1. The highest BCUT2D eigenvalue weighted by Gasteiger charge is 2.30. The number of aliphatic hydroxyl groups excluding tert-OH is 1. The Bertz CT molecular complexity index is 1850. The summed E-state index contributed by atoms with van der Waals surface area (Å²) in [5.74, 6) is 0.933. The van der Waals surface area contributed by atoms with Crippen LogP contribution in [0.2, 0.25) is 0 Å². The van der Waals surface area contributed by atoms with Crippen LogP contribution >= 0.6 is 15.6 Å². The fourth-order valence-corrected chi connectivity index (χ4v) is 12.9. The summed E-state index contributed by atoms with van der Waals surface area (Å²) >= 11 is 0. The Labute approximate surface area is 575 Å². The van der Waals surface area contributed by atoms with E-state index in [1.165, 1.54) is 180 Å². The standard InChI is InChI=1S/C75H146O17P2/c1-9-68(8)54-46-38-30-24-26-34-42-50-58-75(80)92-71(62-86-73(78)56-48-40-32-25-23-29-37-45-53-67(6)7)64-90-94(83,84)88-60-69(76)59-87-93(81,82)89-63-70(61-85-72(77)55-47-39-31-21-18-17-20-28-36-44-52-66(4)5)91-74(79)57-49-41-33-22-16-14-12-10-11-13-15-19-27-35-43-51-65(2)3/h65-71,76H,9-64H2,1-8H3,(H,81,82)(H,83,84)/t68?,69?,70-,71-/m1/s1. The van der Waals surface area contributed by atoms with Gasteiger partial charge in [0.25, 0.3) is 0 Å². The maximum Gasteiger partial charge on any atom is 0.472 e. The molecular weight excluding hydrogens is 1230 g/mol. The second-order valence-corrected chi connectivity index (χ2v) is 31.6. The molecule has 0 amide bonds. The summed E-state index contributed by atoms with van der Waals surface area (Å²) in [5.41, 5.74) is 0. The molecule has 6 atom stereocenters. The van der Waals surface area contributed by atoms with Gasteiger partial charge in [0, 0.05) is 25.7 Å². The van der Waals surface area contributed by atoms with E-state index in [1.807, 2.05) is 0 Å². The Morgan fingerprint density at radius 2 is 0.511 bits per heavy atom. The number of phosphoric acid groups is 2. The molecule has 0 rings (SSSR count). The first-order chi connectivity index (χ1) is 45.1. The number of rotatable bonds is 72. The first-order valence-corrected chi connectivity index (χ1v) is 41.7. The molecule has 0 heterocycles. The highest BCUT2D eigenvalue weighted by molar-refractivity contribution is 7.47. The van der Waals surface area contributed by atoms with Gasteiger partial charge in [-0.2, -0.15) is 0 Å². The molecular formula is C75H146O17P2. The molecule has 0 aliphatic rings. The van der Waals surface area contributed by atoms with Crippen LogP contribution in [0.25, 0.3) is 0 Å². The third kappa shape index (κ3) is 67.3. The van der Waals surface area contributed by atoms with Gasteiger partial charge in [-0.25, -0.2) is 9.13 Å². The lowest BCUT2D eigenvalue weighted by Gasteiger charge is -2.21. The van der Waals surface area contributed by atoms with Crippen molar-refractivity contribution in [1.82, 2.24) is 0 Å². The molecule has 0 radical (unpaired) electrons. The van der Waals surface area contributed by atoms with Gasteiger partial charge in [-0.3, -0.25) is 37.3 Å². The Hall–Kier alpha value is -1.94. The SMILES string of the molecule is CCC(C)CCCCCCCCCCC(=O)O[C@H](COC(=O)CCCCCCCCCCC(C)C)COP(=O)(O)OCC(O)COP(=O)(O)OC[C@@H](COC(=O)CCCCCCCCCCCCC(C)C)OC(=O)CCCCCCCCCCCCCCCCCC(C)C. The molecule has 3 N–H and O–H groups in total. The van der Waals surface area contributed by atoms with Gasteiger partial charge in [-0.15, -0.1) is 0 Å². The number of aliphatic hydroxyl groups is 1. The summed E-state index contributed by atoms with van der Waals surface area (Å²) < 4.78 is 68.5. The van der Waals surface area contributed by atoms with Crippen molar-refractivity contribution in [2.24, 2.45) is 23.7 Å². The van der Waals surface area contributed by atoms with E-state index >= 15 is 0 Å². The van der Waals surface area contributed by atoms with E-state index in [1.54, 1.807) is 0 Å². The lowest BCUT2D eigenvalue weighted by atomic mass is 9.99. The Kier molecular flexibility index (Phi) is 63.1. The van der Waals surface area contributed by atoms with E-state index in [0.29, 0.717) is 25.7 Å². The molecule has 4 unspecified atom stereocenters. The quantitative estimate of drug-likeness (QED) is 0.0222. The number of phosphoric ester groups is 2. The predicted molar refractivity (Wildman–Crippen MR) is 381 cm³/mol. The van der Waals surface area contributed by atoms with Crippen molar-refractivity contribution in [2.45, 2.75) is 395 Å². The van der Waals surface area contributed by atoms with Crippen LogP contribution in [-0.4, -0.2) is 96.7 Å². The van der Waals surface area contributed by atoms with Crippen LogP contribution in [0.3, 0.4) is 0 Å². The van der Waals surface area contributed by atoms with Crippen LogP contribution in [0.15, 0.2) is 0 Å². The largest absolute Gasteiger partial charge is 0.472 e. The van der Waals surface area contributed by atoms with E-state index in [4.69, 9.17) is 37.0 Å². The first kappa shape index (κ1) is 92.1. The van der Waals surface area contributed by atoms with E-state index in [0.717, 1.165) is 114 Å². The molecule has 0 aromatic rings. The first-order valence-electron chi connectivity index (χ1n) is 38.7. The zero-order valence-corrected chi connectivity index (χ0v) is 63.4. The summed E-state index contributed by atoms with van der Waals surface area (Å²) in [4.78, 5) is 72.8. The summed E-state index contributed by atoms with van der Waals surface area (Å²) in [6, 6.07) is 0. The Morgan fingerprint density at radius 1 is 0.298 bits per heavy atom. The van der Waals surface area contributed by atoms with Crippen molar-refractivity contribution >= 4 is 39.5 Å². The van der Waals surface area contributed by atoms with Gasteiger partial charge in [-0.1, -0.05) is 325 Å². The van der Waals surface area contributed by atoms with Crippen LogP contribution in [-0.2, 0) is 65.4 Å². The van der Waals surface area contributed by atoms with E-state index < -0.39 is 97.5 Å². The van der Waals surface area contributed by atoms with Crippen LogP contribution in [0.1, 0.15) is 376 Å². The van der Waals surface area contributed by atoms with Gasteiger partial charge in [0.05, 0.1) is 26.4 Å². The molecule has 19 heteroatoms. The number of esters is 4. The lowest BCUT2D eigenvalue weighted by molar-refractivity contribution is -0.161. The highest BCUT2D eigenvalue weighted by atomic mass is 31.2. The second kappa shape index (κ2) is 64.4. The van der Waals surface area contributed by atoms with E-state index in [2.05, 4.69) is 55.4 Å². The monoisotopic (exact) mass is 1380 g/mol. The third-order valence-electron chi connectivity index (χ3n) is 17.7. The number of hydrogen-bond donors (Lipinski definition) is 3. The van der Waals surface area contributed by atoms with Crippen LogP contribution in [0.5, 0.6) is 0 Å². The molecule has 0 spiro atoms. The summed E-state index contributed by atoms with van der Waals surface area (Å²) in [7, 11) is -9.91. The fraction of sp³-hybridized carbons (Fsp3) is 0.947. The van der Waals surface area contributed by atoms with Crippen LogP contribution < -0.4 is 0 Å². The summed E-state index contributed by atoms with van der Waals surface area (Å²) in [6.45, 7) is 14.2. The fourth-order valence-electron chi connectivity index (χ4n) is 11.3. The minimum absolute atomic E-state index is 0.104. The molecule has 94 heavy (non-hydrogen) atoms. The van der Waals surface area contributed by atoms with Gasteiger partial charge < -0.3 is 33.8 Å². The highest BCUT2D eigenvalue weighted by Crippen LogP contribution is 2.45. The molecule has 0 saturated heterocycles. The molecule has 0 aliphatic carbocycles. The molecule has 0 aromatic heterocycles. The van der Waals surface area contributed by atoms with Crippen molar-refractivity contribution in [3.05, 3.63) is 0 Å². The molecule has 0 aromatic carbocycles. The Balaban J connectivity index is 5.25. The minimum Gasteiger partial charge on any atom is -0.462 e. The molecule has 17 nitrogen and oxygen atoms in total. The number of carbonyl (C=O) groups excluding carboxylic acids is 4. The summed E-state index contributed by atoms with van der Waals surface area (Å²) in [5, 5.41) is 10.6. The number of ether oxygens (including phenoxy) is 4. The van der Waals surface area contributed by atoms with Crippen molar-refractivity contribution < 1.29 is 80.2 Å². The molecule has 0 fully saturated rings. The third-order valence-corrected chi connectivity index (χ3v) is 19.6. The predicted octanol–water partition coefficient (Wildman–Crippen LogP) is 21.7. The zero-order chi connectivity index (χ0) is 69.6. The topological polar surface area (TPSA) is 237 Å². The zero-order valence-electron chi connectivity index (χ0n) is 61.6. The van der Waals surface area contributed by atoms with Gasteiger partial charge in [0.15, 0.2) is 12.2 Å². The van der Waals surface area contributed by atoms with Crippen LogP contribution in [0, 0.1) is 23.7 Å². The van der Waals surface area contributed by atoms with Crippen molar-refractivity contribution in [3.8, 4) is 0 Å². The smallest absolute Gasteiger partial charge is 0.462 e. The van der Waals surface area contributed by atoms with Gasteiger partial charge in [-0.05, 0) is 49.4 Å². The average Bonchev–Trinajstić information content (AvgIpc) is 1.50. The van der Waals surface area contributed by atoms with Crippen molar-refractivity contribution in [2.75, 3.05) is 39.6 Å². The van der Waals surface area contributed by atoms with Crippen molar-refractivity contribution in [3.63, 3.8) is 0 Å². The molecule has 0 saturated carbocycles. The van der Waals surface area contributed by atoms with Gasteiger partial charge in [0.1, 0.15) is 19.3 Å². The Morgan fingerprint density at radius 3 is 0.755 bits per heavy atom. The molecule has 0 bridgehead atoms. The lowest BCUT2D eigenvalue weighted by Crippen LogP contribution is -2.30. The van der Waals surface area contributed by atoms with Crippen molar-refractivity contribution in [1.29, 1.82) is 0 Å². The number of hydrogen-bond acceptors (Lipinski definition) is 15. The van der Waals surface area contributed by atoms with E-state index in [-0.39, 0.29) is 25.7 Å². The minimum atomic E-state index is -4.96. The van der Waals surface area contributed by atoms with Gasteiger partial charge in [0.2, 0.25) is 0 Å². The number of unbranched alkanes of at least 4 members (excludes halogenated alkanes) is 37. The van der Waals surface area contributed by atoms with Gasteiger partial charge >= 0.3 is 39.5 Å². The molecule has 558 valence electrons. The number of carbonyl (C=O) groups is 4. The average molecular weight is 1380 g/mol.